The molecule has 3 heterocycles. The Kier molecular flexibility index (Phi) is 3.47. The number of ether oxygens (including phenoxy) is 1. The molecule has 0 amide bonds. The summed E-state index contributed by atoms with van der Waals surface area (Å²) >= 11 is 1.44. The maximum Gasteiger partial charge on any atom is 0.271 e. The summed E-state index contributed by atoms with van der Waals surface area (Å²) in [4.78, 5) is 21.3. The Morgan fingerprint density at radius 2 is 2.14 bits per heavy atom. The van der Waals surface area contributed by atoms with Gasteiger partial charge in [-0.25, -0.2) is 4.98 Å². The van der Waals surface area contributed by atoms with Gasteiger partial charge in [0, 0.05) is 17.8 Å². The Morgan fingerprint density at radius 1 is 1.33 bits per heavy atom. The lowest BCUT2D eigenvalue weighted by molar-refractivity contribution is 0.412. The van der Waals surface area contributed by atoms with E-state index in [9.17, 15) is 4.79 Å². The fourth-order valence-corrected chi connectivity index (χ4v) is 3.20. The van der Waals surface area contributed by atoms with E-state index in [2.05, 4.69) is 9.97 Å². The fourth-order valence-electron chi connectivity index (χ4n) is 2.25. The molecular formula is C15H15N3O2S. The van der Waals surface area contributed by atoms with Crippen LogP contribution in [0.5, 0.6) is 5.75 Å². The minimum atomic E-state index is -0.0274. The molecule has 0 N–H and O–H groups in total. The van der Waals surface area contributed by atoms with E-state index in [1.54, 1.807) is 18.0 Å². The number of methoxy groups -OCH3 is 1. The highest BCUT2D eigenvalue weighted by Crippen LogP contribution is 2.20. The molecule has 3 rings (SSSR count). The third kappa shape index (κ3) is 2.54. The van der Waals surface area contributed by atoms with Gasteiger partial charge in [-0.2, -0.15) is 0 Å². The molecule has 6 heteroatoms. The molecule has 0 saturated carbocycles. The molecule has 21 heavy (non-hydrogen) atoms. The molecule has 0 fully saturated rings. The number of pyridine rings is 1. The van der Waals surface area contributed by atoms with Crippen molar-refractivity contribution in [3.8, 4) is 5.75 Å². The first-order valence-electron chi connectivity index (χ1n) is 6.53. The summed E-state index contributed by atoms with van der Waals surface area (Å²) in [6, 6.07) is 3.69. The first-order chi connectivity index (χ1) is 10.1. The van der Waals surface area contributed by atoms with E-state index < -0.39 is 0 Å². The number of thiophene rings is 1. The van der Waals surface area contributed by atoms with Crippen LogP contribution in [0.3, 0.4) is 0 Å². The SMILES string of the molecule is COc1cc(C)nc(Cn2cnc3c(C)csc3c2=O)c1. The molecule has 0 aliphatic carbocycles. The zero-order valence-electron chi connectivity index (χ0n) is 12.1. The third-order valence-corrected chi connectivity index (χ3v) is 4.35. The number of hydrogen-bond donors (Lipinski definition) is 0. The van der Waals surface area contributed by atoms with Crippen LogP contribution in [0.4, 0.5) is 0 Å². The maximum atomic E-state index is 12.5. The summed E-state index contributed by atoms with van der Waals surface area (Å²) in [6.07, 6.45) is 1.58. The van der Waals surface area contributed by atoms with Gasteiger partial charge in [-0.05, 0) is 24.8 Å². The normalized spacial score (nSPS) is 11.0. The van der Waals surface area contributed by atoms with Crippen molar-refractivity contribution in [2.45, 2.75) is 20.4 Å². The molecular weight excluding hydrogens is 286 g/mol. The largest absolute Gasteiger partial charge is 0.497 e. The average Bonchev–Trinajstić information content (AvgIpc) is 2.83. The predicted octanol–water partition coefficient (Wildman–Crippen LogP) is 2.53. The maximum absolute atomic E-state index is 12.5. The van der Waals surface area contributed by atoms with E-state index in [-0.39, 0.29) is 5.56 Å². The third-order valence-electron chi connectivity index (χ3n) is 3.27. The second-order valence-corrected chi connectivity index (χ2v) is 5.79. The van der Waals surface area contributed by atoms with Gasteiger partial charge in [0.1, 0.15) is 10.4 Å². The molecule has 0 bridgehead atoms. The first-order valence-corrected chi connectivity index (χ1v) is 7.41. The van der Waals surface area contributed by atoms with Crippen LogP contribution in [0.15, 0.2) is 28.6 Å². The first kappa shape index (κ1) is 13.8. The van der Waals surface area contributed by atoms with Crippen molar-refractivity contribution in [1.82, 2.24) is 14.5 Å². The quantitative estimate of drug-likeness (QED) is 0.746. The number of hydrogen-bond acceptors (Lipinski definition) is 5. The molecule has 0 unspecified atom stereocenters. The molecule has 108 valence electrons. The average molecular weight is 301 g/mol. The molecule has 0 aromatic carbocycles. The van der Waals surface area contributed by atoms with Crippen LogP contribution in [0.25, 0.3) is 10.2 Å². The van der Waals surface area contributed by atoms with Crippen LogP contribution < -0.4 is 10.3 Å². The summed E-state index contributed by atoms with van der Waals surface area (Å²) in [5, 5.41) is 1.96. The summed E-state index contributed by atoms with van der Waals surface area (Å²) < 4.78 is 7.51. The highest BCUT2D eigenvalue weighted by molar-refractivity contribution is 7.17. The molecule has 0 spiro atoms. The molecule has 0 atom stereocenters. The summed E-state index contributed by atoms with van der Waals surface area (Å²) in [5.74, 6) is 0.742. The van der Waals surface area contributed by atoms with E-state index in [1.165, 1.54) is 11.3 Å². The highest BCUT2D eigenvalue weighted by atomic mass is 32.1. The molecule has 0 saturated heterocycles. The van der Waals surface area contributed by atoms with Crippen molar-refractivity contribution in [3.05, 3.63) is 51.1 Å². The van der Waals surface area contributed by atoms with Crippen molar-refractivity contribution < 1.29 is 4.74 Å². The van der Waals surface area contributed by atoms with Gasteiger partial charge in [-0.1, -0.05) is 0 Å². The van der Waals surface area contributed by atoms with Crippen LogP contribution >= 0.6 is 11.3 Å². The monoisotopic (exact) mass is 301 g/mol. The van der Waals surface area contributed by atoms with Crippen LogP contribution in [-0.4, -0.2) is 21.6 Å². The lowest BCUT2D eigenvalue weighted by Gasteiger charge is -2.08. The second-order valence-electron chi connectivity index (χ2n) is 4.91. The summed E-state index contributed by atoms with van der Waals surface area (Å²) in [5.41, 5.74) is 3.44. The van der Waals surface area contributed by atoms with Gasteiger partial charge >= 0.3 is 0 Å². The van der Waals surface area contributed by atoms with Crippen molar-refractivity contribution in [2.75, 3.05) is 7.11 Å². The Balaban J connectivity index is 2.04. The van der Waals surface area contributed by atoms with Crippen molar-refractivity contribution in [2.24, 2.45) is 0 Å². The minimum absolute atomic E-state index is 0.0274. The zero-order chi connectivity index (χ0) is 15.0. The number of nitrogens with zero attached hydrogens (tertiary/aromatic N) is 3. The summed E-state index contributed by atoms with van der Waals surface area (Å²) in [7, 11) is 1.62. The van der Waals surface area contributed by atoms with E-state index in [0.717, 1.165) is 28.2 Å². The van der Waals surface area contributed by atoms with Crippen molar-refractivity contribution in [3.63, 3.8) is 0 Å². The van der Waals surface area contributed by atoms with Crippen molar-refractivity contribution >= 4 is 21.6 Å². The Bertz CT molecular complexity index is 867. The molecule has 3 aromatic heterocycles. The van der Waals surface area contributed by atoms with E-state index in [0.29, 0.717) is 11.2 Å². The number of aromatic nitrogens is 3. The van der Waals surface area contributed by atoms with Crippen LogP contribution in [-0.2, 0) is 6.54 Å². The number of fused-ring (bicyclic) bond motifs is 1. The van der Waals surface area contributed by atoms with E-state index in [1.807, 2.05) is 31.4 Å². The van der Waals surface area contributed by atoms with Gasteiger partial charge < -0.3 is 4.74 Å². The smallest absolute Gasteiger partial charge is 0.271 e. The lowest BCUT2D eigenvalue weighted by atomic mass is 10.3. The molecule has 0 aliphatic rings. The molecule has 0 aliphatic heterocycles. The van der Waals surface area contributed by atoms with Gasteiger partial charge in [0.25, 0.3) is 5.56 Å². The zero-order valence-corrected chi connectivity index (χ0v) is 12.9. The van der Waals surface area contributed by atoms with Gasteiger partial charge in [0.2, 0.25) is 0 Å². The number of rotatable bonds is 3. The van der Waals surface area contributed by atoms with Gasteiger partial charge in [-0.3, -0.25) is 14.3 Å². The van der Waals surface area contributed by atoms with Gasteiger partial charge in [0.05, 0.1) is 31.2 Å². The molecule has 3 aromatic rings. The van der Waals surface area contributed by atoms with Crippen LogP contribution in [0.1, 0.15) is 17.0 Å². The van der Waals surface area contributed by atoms with Crippen molar-refractivity contribution in [1.29, 1.82) is 0 Å². The Morgan fingerprint density at radius 3 is 2.90 bits per heavy atom. The summed E-state index contributed by atoms with van der Waals surface area (Å²) in [6.45, 7) is 4.25. The topological polar surface area (TPSA) is 57.0 Å². The van der Waals surface area contributed by atoms with Gasteiger partial charge in [-0.15, -0.1) is 11.3 Å². The predicted molar refractivity (Wildman–Crippen MR) is 83.2 cm³/mol. The standard InChI is InChI=1S/C15H15N3O2S/c1-9-7-21-14-13(9)16-8-18(15(14)19)6-11-5-12(20-3)4-10(2)17-11/h4-5,7-8H,6H2,1-3H3. The Labute approximate surface area is 125 Å². The van der Waals surface area contributed by atoms with Gasteiger partial charge in [0.15, 0.2) is 0 Å². The fraction of sp³-hybridized carbons (Fsp3) is 0.267. The van der Waals surface area contributed by atoms with E-state index in [4.69, 9.17) is 4.74 Å². The minimum Gasteiger partial charge on any atom is -0.497 e. The molecule has 5 nitrogen and oxygen atoms in total. The number of aryl methyl sites for hydroxylation is 2. The molecule has 0 radical (unpaired) electrons. The van der Waals surface area contributed by atoms with E-state index >= 15 is 0 Å². The lowest BCUT2D eigenvalue weighted by Crippen LogP contribution is -2.21. The van der Waals surface area contributed by atoms with Crippen LogP contribution in [0.2, 0.25) is 0 Å². The van der Waals surface area contributed by atoms with Crippen LogP contribution in [0, 0.1) is 13.8 Å². The highest BCUT2D eigenvalue weighted by Gasteiger charge is 2.09. The Hall–Kier alpha value is -2.21. The second kappa shape index (κ2) is 5.29.